The Morgan fingerprint density at radius 3 is 2.69 bits per heavy atom. The smallest absolute Gasteiger partial charge is 0.255 e. The highest BCUT2D eigenvalue weighted by Crippen LogP contribution is 2.30. The molecule has 0 atom stereocenters. The van der Waals surface area contributed by atoms with Gasteiger partial charge >= 0.3 is 0 Å². The standard InChI is InChI=1S/C22H23ClN4O2/c1-29-20-14-19(26-8-2-3-9-26)18(23)13-17(20)22(28)25-15-16-6-7-24-21(12-16)27-10-4-5-11-27/h2-3,6-9,12-14H,4-5,10-11,15H2,1H3,(H,25,28). The Morgan fingerprint density at radius 2 is 1.97 bits per heavy atom. The molecule has 1 aliphatic heterocycles. The Balaban J connectivity index is 1.50. The summed E-state index contributed by atoms with van der Waals surface area (Å²) in [6.07, 6.45) is 7.96. The molecule has 1 aromatic carbocycles. The molecule has 0 aliphatic carbocycles. The summed E-state index contributed by atoms with van der Waals surface area (Å²) in [6.45, 7) is 2.47. The second kappa shape index (κ2) is 8.57. The number of anilines is 1. The zero-order chi connectivity index (χ0) is 20.2. The Labute approximate surface area is 175 Å². The van der Waals surface area contributed by atoms with E-state index in [2.05, 4.69) is 15.2 Å². The van der Waals surface area contributed by atoms with E-state index >= 15 is 0 Å². The lowest BCUT2D eigenvalue weighted by Crippen LogP contribution is -2.24. The van der Waals surface area contributed by atoms with Crippen molar-refractivity contribution in [3.05, 3.63) is 71.1 Å². The van der Waals surface area contributed by atoms with Gasteiger partial charge in [0.05, 0.1) is 23.4 Å². The molecular weight excluding hydrogens is 388 g/mol. The maximum absolute atomic E-state index is 12.8. The number of halogens is 1. The molecule has 0 radical (unpaired) electrons. The largest absolute Gasteiger partial charge is 0.496 e. The predicted octanol–water partition coefficient (Wildman–Crippen LogP) is 4.06. The van der Waals surface area contributed by atoms with E-state index in [1.807, 2.05) is 41.2 Å². The van der Waals surface area contributed by atoms with Crippen molar-refractivity contribution in [2.24, 2.45) is 0 Å². The summed E-state index contributed by atoms with van der Waals surface area (Å²) >= 11 is 6.43. The monoisotopic (exact) mass is 410 g/mol. The summed E-state index contributed by atoms with van der Waals surface area (Å²) in [4.78, 5) is 19.5. The van der Waals surface area contributed by atoms with Gasteiger partial charge in [0, 0.05) is 44.3 Å². The van der Waals surface area contributed by atoms with E-state index in [1.54, 1.807) is 25.4 Å². The molecule has 0 unspecified atom stereocenters. The third-order valence-electron chi connectivity index (χ3n) is 5.09. The van der Waals surface area contributed by atoms with Gasteiger partial charge in [0.2, 0.25) is 0 Å². The van der Waals surface area contributed by atoms with E-state index < -0.39 is 0 Å². The number of nitrogens with one attached hydrogen (secondary N) is 1. The van der Waals surface area contributed by atoms with Crippen molar-refractivity contribution >= 4 is 23.3 Å². The third kappa shape index (κ3) is 4.22. The highest BCUT2D eigenvalue weighted by Gasteiger charge is 2.17. The number of hydrogen-bond acceptors (Lipinski definition) is 4. The molecule has 2 aromatic heterocycles. The van der Waals surface area contributed by atoms with Gasteiger partial charge in [-0.05, 0) is 48.7 Å². The number of benzene rings is 1. The SMILES string of the molecule is COc1cc(-n2cccc2)c(Cl)cc1C(=O)NCc1ccnc(N2CCCC2)c1. The van der Waals surface area contributed by atoms with Crippen LogP contribution in [0.4, 0.5) is 5.82 Å². The third-order valence-corrected chi connectivity index (χ3v) is 5.39. The number of aromatic nitrogens is 2. The summed E-state index contributed by atoms with van der Waals surface area (Å²) in [5, 5.41) is 3.44. The van der Waals surface area contributed by atoms with Crippen molar-refractivity contribution in [1.29, 1.82) is 0 Å². The highest BCUT2D eigenvalue weighted by molar-refractivity contribution is 6.33. The average Bonchev–Trinajstić information content (AvgIpc) is 3.46. The van der Waals surface area contributed by atoms with Crippen LogP contribution in [0.5, 0.6) is 5.75 Å². The number of methoxy groups -OCH3 is 1. The van der Waals surface area contributed by atoms with Crippen LogP contribution in [0.2, 0.25) is 5.02 Å². The summed E-state index contributed by atoms with van der Waals surface area (Å²) < 4.78 is 7.33. The van der Waals surface area contributed by atoms with Gasteiger partial charge in [-0.3, -0.25) is 4.79 Å². The number of carbonyl (C=O) groups is 1. The van der Waals surface area contributed by atoms with Gasteiger partial charge in [0.25, 0.3) is 5.91 Å². The van der Waals surface area contributed by atoms with Gasteiger partial charge in [0.1, 0.15) is 11.6 Å². The molecule has 1 N–H and O–H groups in total. The van der Waals surface area contributed by atoms with Gasteiger partial charge in [0.15, 0.2) is 0 Å². The maximum Gasteiger partial charge on any atom is 0.255 e. The van der Waals surface area contributed by atoms with Crippen LogP contribution in [0.15, 0.2) is 55.0 Å². The Morgan fingerprint density at radius 1 is 1.21 bits per heavy atom. The van der Waals surface area contributed by atoms with Crippen LogP contribution in [0.25, 0.3) is 5.69 Å². The molecule has 1 fully saturated rings. The minimum Gasteiger partial charge on any atom is -0.496 e. The normalized spacial score (nSPS) is 13.5. The number of amides is 1. The fourth-order valence-electron chi connectivity index (χ4n) is 3.55. The first-order valence-electron chi connectivity index (χ1n) is 9.64. The molecule has 4 rings (SSSR count). The van der Waals surface area contributed by atoms with Gasteiger partial charge in [-0.2, -0.15) is 0 Å². The van der Waals surface area contributed by atoms with Crippen LogP contribution < -0.4 is 15.0 Å². The number of ether oxygens (including phenoxy) is 1. The van der Waals surface area contributed by atoms with E-state index in [1.165, 1.54) is 12.8 Å². The van der Waals surface area contributed by atoms with E-state index in [-0.39, 0.29) is 5.91 Å². The number of pyridine rings is 1. The van der Waals surface area contributed by atoms with Crippen molar-refractivity contribution in [1.82, 2.24) is 14.9 Å². The second-order valence-corrected chi connectivity index (χ2v) is 7.40. The number of rotatable bonds is 6. The van der Waals surface area contributed by atoms with Crippen LogP contribution in [-0.2, 0) is 6.54 Å². The Kier molecular flexibility index (Phi) is 5.71. The van der Waals surface area contributed by atoms with Crippen molar-refractivity contribution in [3.8, 4) is 11.4 Å². The minimum absolute atomic E-state index is 0.234. The number of hydrogen-bond donors (Lipinski definition) is 1. The van der Waals surface area contributed by atoms with E-state index in [0.717, 1.165) is 30.2 Å². The first-order valence-corrected chi connectivity index (χ1v) is 10.0. The maximum atomic E-state index is 12.8. The zero-order valence-electron chi connectivity index (χ0n) is 16.3. The lowest BCUT2D eigenvalue weighted by molar-refractivity contribution is 0.0948. The number of carbonyl (C=O) groups excluding carboxylic acids is 1. The molecule has 0 bridgehead atoms. The fraction of sp³-hybridized carbons (Fsp3) is 0.273. The van der Waals surface area contributed by atoms with Gasteiger partial charge in [-0.15, -0.1) is 0 Å². The summed E-state index contributed by atoms with van der Waals surface area (Å²) in [5.41, 5.74) is 2.17. The van der Waals surface area contributed by atoms with E-state index in [0.29, 0.717) is 22.9 Å². The Bertz CT molecular complexity index is 998. The molecule has 29 heavy (non-hydrogen) atoms. The van der Waals surface area contributed by atoms with E-state index in [9.17, 15) is 4.79 Å². The van der Waals surface area contributed by atoms with Crippen LogP contribution in [0.1, 0.15) is 28.8 Å². The highest BCUT2D eigenvalue weighted by atomic mass is 35.5. The summed E-state index contributed by atoms with van der Waals surface area (Å²) in [6, 6.07) is 11.2. The molecule has 1 aliphatic rings. The van der Waals surface area contributed by atoms with Gasteiger partial charge < -0.3 is 19.5 Å². The zero-order valence-corrected chi connectivity index (χ0v) is 17.0. The van der Waals surface area contributed by atoms with Crippen molar-refractivity contribution in [3.63, 3.8) is 0 Å². The molecule has 6 nitrogen and oxygen atoms in total. The van der Waals surface area contributed by atoms with Crippen molar-refractivity contribution in [2.45, 2.75) is 19.4 Å². The molecule has 0 spiro atoms. The van der Waals surface area contributed by atoms with Crippen molar-refractivity contribution < 1.29 is 9.53 Å². The lowest BCUT2D eigenvalue weighted by Gasteiger charge is -2.17. The van der Waals surface area contributed by atoms with Crippen LogP contribution >= 0.6 is 11.6 Å². The van der Waals surface area contributed by atoms with Gasteiger partial charge in [-0.1, -0.05) is 11.6 Å². The van der Waals surface area contributed by atoms with Crippen LogP contribution in [-0.4, -0.2) is 35.7 Å². The lowest BCUT2D eigenvalue weighted by atomic mass is 10.1. The molecule has 0 saturated carbocycles. The molecular formula is C22H23ClN4O2. The number of nitrogens with zero attached hydrogens (tertiary/aromatic N) is 3. The second-order valence-electron chi connectivity index (χ2n) is 6.99. The topological polar surface area (TPSA) is 59.4 Å². The quantitative estimate of drug-likeness (QED) is 0.665. The fourth-order valence-corrected chi connectivity index (χ4v) is 3.81. The molecule has 1 amide bonds. The minimum atomic E-state index is -0.234. The van der Waals surface area contributed by atoms with E-state index in [4.69, 9.17) is 16.3 Å². The molecule has 3 aromatic rings. The molecule has 150 valence electrons. The molecule has 7 heteroatoms. The predicted molar refractivity (Wildman–Crippen MR) is 114 cm³/mol. The summed E-state index contributed by atoms with van der Waals surface area (Å²) in [5.74, 6) is 1.20. The van der Waals surface area contributed by atoms with Gasteiger partial charge in [-0.25, -0.2) is 4.98 Å². The molecule has 3 heterocycles. The Hall–Kier alpha value is -2.99. The van der Waals surface area contributed by atoms with Crippen LogP contribution in [0.3, 0.4) is 0 Å². The first kappa shape index (κ1) is 19.3. The van der Waals surface area contributed by atoms with Crippen LogP contribution in [0, 0.1) is 0 Å². The molecule has 1 saturated heterocycles. The first-order chi connectivity index (χ1) is 14.2. The summed E-state index contributed by atoms with van der Waals surface area (Å²) in [7, 11) is 1.55. The van der Waals surface area contributed by atoms with Crippen molar-refractivity contribution in [2.75, 3.05) is 25.1 Å². The average molecular weight is 411 g/mol.